The van der Waals surface area contributed by atoms with Crippen LogP contribution < -0.4 is 15.1 Å². The number of nitrogens with one attached hydrogen (secondary N) is 1. The van der Waals surface area contributed by atoms with E-state index < -0.39 is 17.8 Å². The molecule has 2 aromatic rings. The Kier molecular flexibility index (Phi) is 5.89. The van der Waals surface area contributed by atoms with Gasteiger partial charge in [0.2, 0.25) is 0 Å². The van der Waals surface area contributed by atoms with Gasteiger partial charge in [0.05, 0.1) is 11.2 Å². The molecule has 6 nitrogen and oxygen atoms in total. The average molecular weight is 464 g/mol. The number of carbonyl (C=O) groups is 3. The molecule has 0 aromatic heterocycles. The summed E-state index contributed by atoms with van der Waals surface area (Å²) in [5.41, 5.74) is 4.16. The zero-order chi connectivity index (χ0) is 23.9. The van der Waals surface area contributed by atoms with Crippen LogP contribution >= 0.6 is 11.6 Å². The number of halogens is 1. The minimum absolute atomic E-state index is 0.104. The average Bonchev–Trinajstić information content (AvgIpc) is 2.75. The molecule has 7 heteroatoms. The monoisotopic (exact) mass is 463 g/mol. The summed E-state index contributed by atoms with van der Waals surface area (Å²) in [6, 6.07) is 11.4. The number of hydrogen-bond acceptors (Lipinski definition) is 4. The molecule has 0 atom stereocenters. The first-order valence-electron chi connectivity index (χ1n) is 10.9. The highest BCUT2D eigenvalue weighted by Gasteiger charge is 2.37. The van der Waals surface area contributed by atoms with Gasteiger partial charge in [-0.05, 0) is 80.8 Å². The van der Waals surface area contributed by atoms with Crippen LogP contribution in [-0.4, -0.2) is 29.9 Å². The van der Waals surface area contributed by atoms with Crippen LogP contribution in [0.3, 0.4) is 0 Å². The van der Waals surface area contributed by atoms with E-state index in [1.807, 2.05) is 18.2 Å². The van der Waals surface area contributed by atoms with Gasteiger partial charge in [-0.3, -0.25) is 14.9 Å². The minimum atomic E-state index is -0.786. The molecule has 2 aliphatic rings. The van der Waals surface area contributed by atoms with Gasteiger partial charge in [-0.1, -0.05) is 30.7 Å². The Morgan fingerprint density at radius 3 is 2.42 bits per heavy atom. The van der Waals surface area contributed by atoms with Crippen molar-refractivity contribution < 1.29 is 14.4 Å². The number of nitrogens with zero attached hydrogens (tertiary/aromatic N) is 2. The molecule has 0 saturated carbocycles. The summed E-state index contributed by atoms with van der Waals surface area (Å²) < 4.78 is 0. The van der Waals surface area contributed by atoms with E-state index in [2.05, 4.69) is 44.0 Å². The van der Waals surface area contributed by atoms with Gasteiger partial charge in [-0.15, -0.1) is 0 Å². The molecule has 0 unspecified atom stereocenters. The zero-order valence-electron chi connectivity index (χ0n) is 19.1. The quantitative estimate of drug-likeness (QED) is 0.485. The van der Waals surface area contributed by atoms with Crippen LogP contribution in [0.25, 0.3) is 11.6 Å². The standard InChI is InChI=1S/C26H26ClN3O3/c1-5-12-29-22-11-6-17(13-20(22)16(2)15-26(29,3)4)14-21-23(31)28-25(33)30(24(21)32)19-9-7-18(27)8-10-19/h6-11,13-15H,5,12H2,1-4H3,(H,28,31,33)/b21-14-. The Morgan fingerprint density at radius 2 is 1.76 bits per heavy atom. The van der Waals surface area contributed by atoms with Gasteiger partial charge in [0.25, 0.3) is 11.8 Å². The largest absolute Gasteiger partial charge is 0.362 e. The molecule has 33 heavy (non-hydrogen) atoms. The number of imide groups is 2. The number of urea groups is 1. The summed E-state index contributed by atoms with van der Waals surface area (Å²) in [6.45, 7) is 9.53. The van der Waals surface area contributed by atoms with Crippen LogP contribution in [0.5, 0.6) is 0 Å². The van der Waals surface area contributed by atoms with Crippen molar-refractivity contribution in [2.75, 3.05) is 16.3 Å². The van der Waals surface area contributed by atoms with Crippen molar-refractivity contribution in [3.8, 4) is 0 Å². The number of carbonyl (C=O) groups excluding carboxylic acids is 3. The second-order valence-corrected chi connectivity index (χ2v) is 9.28. The fraction of sp³-hybridized carbons (Fsp3) is 0.269. The van der Waals surface area contributed by atoms with E-state index in [0.717, 1.165) is 34.7 Å². The third kappa shape index (κ3) is 4.18. The molecule has 1 fully saturated rings. The van der Waals surface area contributed by atoms with Crippen molar-refractivity contribution in [1.82, 2.24) is 5.32 Å². The molecule has 0 spiro atoms. The minimum Gasteiger partial charge on any atom is -0.362 e. The fourth-order valence-corrected chi connectivity index (χ4v) is 4.60. The molecule has 1 saturated heterocycles. The molecular formula is C26H26ClN3O3. The smallest absolute Gasteiger partial charge is 0.335 e. The number of allylic oxidation sites excluding steroid dienone is 1. The van der Waals surface area contributed by atoms with Gasteiger partial charge in [0.1, 0.15) is 5.57 Å². The SMILES string of the molecule is CCCN1c2ccc(/C=C3/C(=O)NC(=O)N(c4ccc(Cl)cc4)C3=O)cc2C(C)=CC1(C)C. The number of fused-ring (bicyclic) bond motifs is 1. The Bertz CT molecular complexity index is 1210. The lowest BCUT2D eigenvalue weighted by molar-refractivity contribution is -0.122. The van der Waals surface area contributed by atoms with E-state index in [-0.39, 0.29) is 11.1 Å². The first-order valence-corrected chi connectivity index (χ1v) is 11.3. The number of hydrogen-bond donors (Lipinski definition) is 1. The van der Waals surface area contributed by atoms with E-state index >= 15 is 0 Å². The van der Waals surface area contributed by atoms with Gasteiger partial charge in [-0.2, -0.15) is 0 Å². The van der Waals surface area contributed by atoms with Crippen LogP contribution in [0.4, 0.5) is 16.2 Å². The second kappa shape index (κ2) is 8.52. The van der Waals surface area contributed by atoms with Crippen molar-refractivity contribution in [3.05, 3.63) is 70.3 Å². The summed E-state index contributed by atoms with van der Waals surface area (Å²) in [4.78, 5) is 41.4. The first kappa shape index (κ1) is 22.8. The van der Waals surface area contributed by atoms with Crippen LogP contribution in [0.1, 0.15) is 45.2 Å². The second-order valence-electron chi connectivity index (χ2n) is 8.84. The summed E-state index contributed by atoms with van der Waals surface area (Å²) in [5, 5.41) is 2.74. The van der Waals surface area contributed by atoms with E-state index in [4.69, 9.17) is 11.6 Å². The van der Waals surface area contributed by atoms with Gasteiger partial charge < -0.3 is 4.90 Å². The Balaban J connectivity index is 1.73. The third-order valence-corrected chi connectivity index (χ3v) is 6.20. The van der Waals surface area contributed by atoms with Crippen LogP contribution in [0.15, 0.2) is 54.1 Å². The van der Waals surface area contributed by atoms with Gasteiger partial charge in [0.15, 0.2) is 0 Å². The Labute approximate surface area is 198 Å². The number of rotatable bonds is 4. The molecule has 4 rings (SSSR count). The zero-order valence-corrected chi connectivity index (χ0v) is 19.9. The van der Waals surface area contributed by atoms with E-state index in [1.54, 1.807) is 24.3 Å². The summed E-state index contributed by atoms with van der Waals surface area (Å²) in [7, 11) is 0. The maximum absolute atomic E-state index is 13.1. The molecule has 0 aliphatic carbocycles. The maximum atomic E-state index is 13.1. The van der Waals surface area contributed by atoms with E-state index in [9.17, 15) is 14.4 Å². The van der Waals surface area contributed by atoms with Crippen LogP contribution in [0, 0.1) is 0 Å². The molecule has 4 amide bonds. The van der Waals surface area contributed by atoms with Gasteiger partial charge in [0, 0.05) is 22.8 Å². The molecule has 0 radical (unpaired) electrons. The number of anilines is 2. The predicted octanol–water partition coefficient (Wildman–Crippen LogP) is 5.42. The topological polar surface area (TPSA) is 69.7 Å². The lowest BCUT2D eigenvalue weighted by Gasteiger charge is -2.43. The Hall–Kier alpha value is -3.38. The molecule has 1 N–H and O–H groups in total. The fourth-order valence-electron chi connectivity index (χ4n) is 4.47. The molecular weight excluding hydrogens is 438 g/mol. The highest BCUT2D eigenvalue weighted by atomic mass is 35.5. The first-order chi connectivity index (χ1) is 15.6. The van der Waals surface area contributed by atoms with E-state index in [1.165, 1.54) is 6.08 Å². The van der Waals surface area contributed by atoms with Gasteiger partial charge >= 0.3 is 6.03 Å². The third-order valence-electron chi connectivity index (χ3n) is 5.95. The Morgan fingerprint density at radius 1 is 1.06 bits per heavy atom. The maximum Gasteiger partial charge on any atom is 0.335 e. The van der Waals surface area contributed by atoms with Crippen molar-refractivity contribution in [3.63, 3.8) is 0 Å². The van der Waals surface area contributed by atoms with Gasteiger partial charge in [-0.25, -0.2) is 9.69 Å². The van der Waals surface area contributed by atoms with Crippen molar-refractivity contribution in [2.24, 2.45) is 0 Å². The van der Waals surface area contributed by atoms with E-state index in [0.29, 0.717) is 16.3 Å². The normalized spacial score (nSPS) is 18.9. The number of benzene rings is 2. The summed E-state index contributed by atoms with van der Waals surface area (Å²) >= 11 is 5.92. The molecule has 170 valence electrons. The van der Waals surface area contributed by atoms with Crippen molar-refractivity contribution >= 4 is 52.5 Å². The molecule has 0 bridgehead atoms. The van der Waals surface area contributed by atoms with Crippen molar-refractivity contribution in [2.45, 2.75) is 39.7 Å². The molecule has 2 aliphatic heterocycles. The lowest BCUT2D eigenvalue weighted by Crippen LogP contribution is -2.54. The molecule has 2 heterocycles. The van der Waals surface area contributed by atoms with Crippen molar-refractivity contribution in [1.29, 1.82) is 0 Å². The molecule has 2 aromatic carbocycles. The number of amides is 4. The summed E-state index contributed by atoms with van der Waals surface area (Å²) in [5.74, 6) is -1.39. The highest BCUT2D eigenvalue weighted by Crippen LogP contribution is 2.39. The predicted molar refractivity (Wildman–Crippen MR) is 132 cm³/mol. The lowest BCUT2D eigenvalue weighted by atomic mass is 9.87. The summed E-state index contributed by atoms with van der Waals surface area (Å²) in [6.07, 6.45) is 4.79. The van der Waals surface area contributed by atoms with Crippen LogP contribution in [-0.2, 0) is 9.59 Å². The van der Waals surface area contributed by atoms with Crippen LogP contribution in [0.2, 0.25) is 5.02 Å². The highest BCUT2D eigenvalue weighted by molar-refractivity contribution is 6.39. The number of barbiturate groups is 1.